The van der Waals surface area contributed by atoms with Crippen molar-refractivity contribution in [1.82, 2.24) is 0 Å². The zero-order valence-corrected chi connectivity index (χ0v) is 9.08. The van der Waals surface area contributed by atoms with Gasteiger partial charge in [-0.15, -0.1) is 11.3 Å². The first-order valence-corrected chi connectivity index (χ1v) is 6.00. The monoisotopic (exact) mass is 238 g/mol. The Morgan fingerprint density at radius 3 is 2.62 bits per heavy atom. The lowest BCUT2D eigenvalue weighted by Gasteiger charge is -1.93. The van der Waals surface area contributed by atoms with Gasteiger partial charge in [0.25, 0.3) is 10.1 Å². The van der Waals surface area contributed by atoms with Crippen LogP contribution in [0.1, 0.15) is 11.8 Å². The van der Waals surface area contributed by atoms with Gasteiger partial charge in [0.1, 0.15) is 0 Å². The summed E-state index contributed by atoms with van der Waals surface area (Å²) in [5.41, 5.74) is 0.472. The summed E-state index contributed by atoms with van der Waals surface area (Å²) in [4.78, 5) is 0.725. The molecule has 1 aromatic rings. The van der Waals surface area contributed by atoms with Gasteiger partial charge in [-0.1, -0.05) is 11.6 Å². The highest BCUT2D eigenvalue weighted by Gasteiger charge is 2.04. The van der Waals surface area contributed by atoms with E-state index in [-0.39, 0.29) is 0 Å². The van der Waals surface area contributed by atoms with Crippen LogP contribution in [0.15, 0.2) is 17.5 Å². The predicted octanol–water partition coefficient (Wildman–Crippen LogP) is 2.65. The molecule has 3 nitrogen and oxygen atoms in total. The Hall–Kier alpha value is -0.360. The molecule has 0 aliphatic heterocycles. The van der Waals surface area contributed by atoms with Crippen molar-refractivity contribution in [2.24, 2.45) is 0 Å². The zero-order chi connectivity index (χ0) is 10.1. The van der Waals surface area contributed by atoms with Gasteiger partial charge >= 0.3 is 0 Å². The smallest absolute Gasteiger partial charge is 0.282 e. The van der Waals surface area contributed by atoms with Crippen LogP contribution in [0, 0.1) is 0 Å². The SMILES string of the molecule is C/C(=C/S(=O)(=O)O)c1ccc(Cl)s1. The standard InChI is InChI=1S/C7H7ClO3S2/c1-5(4-13(9,10)11)6-2-3-7(8)12-6/h2-4H,1H3,(H,9,10,11)/b5-4-. The Labute approximate surface area is 85.4 Å². The molecule has 0 unspecified atom stereocenters. The van der Waals surface area contributed by atoms with Gasteiger partial charge in [-0.3, -0.25) is 4.55 Å². The van der Waals surface area contributed by atoms with Crippen LogP contribution in [0.3, 0.4) is 0 Å². The summed E-state index contributed by atoms with van der Waals surface area (Å²) < 4.78 is 30.1. The molecular formula is C7H7ClO3S2. The summed E-state index contributed by atoms with van der Waals surface area (Å²) in [7, 11) is -4.06. The molecule has 1 rings (SSSR count). The lowest BCUT2D eigenvalue weighted by Crippen LogP contribution is -1.90. The minimum absolute atomic E-state index is 0.472. The first-order valence-electron chi connectivity index (χ1n) is 3.30. The molecule has 1 heterocycles. The van der Waals surface area contributed by atoms with Crippen molar-refractivity contribution in [3.05, 3.63) is 26.8 Å². The van der Waals surface area contributed by atoms with Crippen LogP contribution in [0.4, 0.5) is 0 Å². The van der Waals surface area contributed by atoms with E-state index in [1.807, 2.05) is 0 Å². The van der Waals surface area contributed by atoms with Crippen LogP contribution < -0.4 is 0 Å². The van der Waals surface area contributed by atoms with E-state index in [0.717, 1.165) is 10.3 Å². The van der Waals surface area contributed by atoms with Crippen molar-refractivity contribution in [2.45, 2.75) is 6.92 Å². The first kappa shape index (κ1) is 10.7. The molecule has 0 spiro atoms. The number of allylic oxidation sites excluding steroid dienone is 1. The third-order valence-corrected chi connectivity index (χ3v) is 3.31. The van der Waals surface area contributed by atoms with Gasteiger partial charge in [0.2, 0.25) is 0 Å². The summed E-state index contributed by atoms with van der Waals surface area (Å²) >= 11 is 6.91. The second kappa shape index (κ2) is 3.79. The van der Waals surface area contributed by atoms with E-state index in [2.05, 4.69) is 0 Å². The molecule has 13 heavy (non-hydrogen) atoms. The lowest BCUT2D eigenvalue weighted by molar-refractivity contribution is 0.494. The Kier molecular flexibility index (Phi) is 3.13. The molecule has 0 aromatic carbocycles. The van der Waals surface area contributed by atoms with E-state index in [1.165, 1.54) is 11.3 Å². The minimum atomic E-state index is -4.06. The van der Waals surface area contributed by atoms with Crippen molar-refractivity contribution in [3.8, 4) is 0 Å². The number of hydrogen-bond acceptors (Lipinski definition) is 3. The Morgan fingerprint density at radius 1 is 1.62 bits per heavy atom. The van der Waals surface area contributed by atoms with Crippen molar-refractivity contribution in [2.75, 3.05) is 0 Å². The maximum absolute atomic E-state index is 10.5. The van der Waals surface area contributed by atoms with Gasteiger partial charge in [-0.25, -0.2) is 0 Å². The largest absolute Gasteiger partial charge is 0.287 e. The van der Waals surface area contributed by atoms with E-state index in [9.17, 15) is 8.42 Å². The molecular weight excluding hydrogens is 232 g/mol. The second-order valence-electron chi connectivity index (χ2n) is 2.42. The zero-order valence-electron chi connectivity index (χ0n) is 6.69. The Bertz CT molecular complexity index is 430. The van der Waals surface area contributed by atoms with Gasteiger partial charge in [-0.2, -0.15) is 8.42 Å². The quantitative estimate of drug-likeness (QED) is 0.806. The van der Waals surface area contributed by atoms with Crippen molar-refractivity contribution in [1.29, 1.82) is 0 Å². The molecule has 0 fully saturated rings. The maximum Gasteiger partial charge on any atom is 0.287 e. The van der Waals surface area contributed by atoms with Crippen LogP contribution in [0.25, 0.3) is 5.57 Å². The molecule has 72 valence electrons. The highest BCUT2D eigenvalue weighted by Crippen LogP contribution is 2.27. The average Bonchev–Trinajstić information content (AvgIpc) is 2.31. The third kappa shape index (κ3) is 3.48. The van der Waals surface area contributed by atoms with Gasteiger partial charge in [0.05, 0.1) is 9.74 Å². The molecule has 6 heteroatoms. The van der Waals surface area contributed by atoms with Crippen molar-refractivity contribution in [3.63, 3.8) is 0 Å². The highest BCUT2D eigenvalue weighted by atomic mass is 35.5. The van der Waals surface area contributed by atoms with Gasteiger partial charge in [0.15, 0.2) is 0 Å². The molecule has 0 saturated heterocycles. The molecule has 0 atom stereocenters. The van der Waals surface area contributed by atoms with E-state index >= 15 is 0 Å². The van der Waals surface area contributed by atoms with E-state index in [1.54, 1.807) is 19.1 Å². The van der Waals surface area contributed by atoms with Gasteiger partial charge in [0, 0.05) is 4.88 Å². The topological polar surface area (TPSA) is 54.4 Å². The van der Waals surface area contributed by atoms with Crippen molar-refractivity contribution < 1.29 is 13.0 Å². The fourth-order valence-electron chi connectivity index (χ4n) is 0.808. The molecule has 1 aromatic heterocycles. The number of thiophene rings is 1. The number of rotatable bonds is 2. The van der Waals surface area contributed by atoms with Crippen LogP contribution >= 0.6 is 22.9 Å². The maximum atomic E-state index is 10.5. The Morgan fingerprint density at radius 2 is 2.23 bits per heavy atom. The van der Waals surface area contributed by atoms with Gasteiger partial charge in [-0.05, 0) is 24.6 Å². The molecule has 1 N–H and O–H groups in total. The van der Waals surface area contributed by atoms with Crippen LogP contribution in [-0.2, 0) is 10.1 Å². The van der Waals surface area contributed by atoms with E-state index in [0.29, 0.717) is 9.91 Å². The first-order chi connectivity index (χ1) is 5.88. The summed E-state index contributed by atoms with van der Waals surface area (Å²) in [6, 6.07) is 3.37. The number of hydrogen-bond donors (Lipinski definition) is 1. The highest BCUT2D eigenvalue weighted by molar-refractivity contribution is 7.89. The normalized spacial score (nSPS) is 13.3. The summed E-state index contributed by atoms with van der Waals surface area (Å²) in [6.45, 7) is 1.59. The average molecular weight is 239 g/mol. The number of halogens is 1. The lowest BCUT2D eigenvalue weighted by atomic mass is 10.3. The van der Waals surface area contributed by atoms with Crippen LogP contribution in [0.5, 0.6) is 0 Å². The molecule has 0 aliphatic rings. The summed E-state index contributed by atoms with van der Waals surface area (Å²) in [6.07, 6.45) is 0. The second-order valence-corrected chi connectivity index (χ2v) is 5.40. The Balaban J connectivity index is 3.05. The van der Waals surface area contributed by atoms with E-state index in [4.69, 9.17) is 16.2 Å². The predicted molar refractivity (Wildman–Crippen MR) is 54.5 cm³/mol. The van der Waals surface area contributed by atoms with Crippen LogP contribution in [0.2, 0.25) is 4.34 Å². The molecule has 0 radical (unpaired) electrons. The molecule has 0 aliphatic carbocycles. The molecule has 0 amide bonds. The molecule has 0 saturated carbocycles. The minimum Gasteiger partial charge on any atom is -0.282 e. The summed E-state index contributed by atoms with van der Waals surface area (Å²) in [5.74, 6) is 0. The van der Waals surface area contributed by atoms with E-state index < -0.39 is 10.1 Å². The fraction of sp³-hybridized carbons (Fsp3) is 0.143. The van der Waals surface area contributed by atoms with Crippen LogP contribution in [-0.4, -0.2) is 13.0 Å². The van der Waals surface area contributed by atoms with Gasteiger partial charge < -0.3 is 0 Å². The van der Waals surface area contributed by atoms with Crippen molar-refractivity contribution >= 4 is 38.6 Å². The fourth-order valence-corrected chi connectivity index (χ4v) is 2.47. The summed E-state index contributed by atoms with van der Waals surface area (Å²) in [5, 5.41) is 0.801. The molecule has 0 bridgehead atoms. The third-order valence-electron chi connectivity index (χ3n) is 1.29.